The van der Waals surface area contributed by atoms with Gasteiger partial charge in [0.2, 0.25) is 0 Å². The van der Waals surface area contributed by atoms with E-state index in [1.807, 2.05) is 18.2 Å². The van der Waals surface area contributed by atoms with E-state index in [1.54, 1.807) is 25.6 Å². The summed E-state index contributed by atoms with van der Waals surface area (Å²) in [5, 5.41) is 13.8. The van der Waals surface area contributed by atoms with Crippen molar-refractivity contribution in [2.75, 3.05) is 14.2 Å². The van der Waals surface area contributed by atoms with E-state index in [0.717, 1.165) is 33.6 Å². The Morgan fingerprint density at radius 3 is 2.50 bits per heavy atom. The maximum Gasteiger partial charge on any atom is 0.155 e. The lowest BCUT2D eigenvalue weighted by Crippen LogP contribution is -2.14. The van der Waals surface area contributed by atoms with Gasteiger partial charge >= 0.3 is 0 Å². The van der Waals surface area contributed by atoms with Crippen LogP contribution in [0.3, 0.4) is 0 Å². The Labute approximate surface area is 121 Å². The summed E-state index contributed by atoms with van der Waals surface area (Å²) < 4.78 is 10.8. The summed E-state index contributed by atoms with van der Waals surface area (Å²) in [7, 11) is 3.30. The van der Waals surface area contributed by atoms with E-state index in [9.17, 15) is 0 Å². The zero-order valence-electron chi connectivity index (χ0n) is 11.5. The maximum atomic E-state index is 5.40. The molecule has 6 heteroatoms. The molecule has 5 nitrogen and oxygen atoms in total. The van der Waals surface area contributed by atoms with E-state index >= 15 is 0 Å². The molecule has 0 bridgehead atoms. The molecular weight excluding hydrogens is 274 g/mol. The number of rotatable bonds is 6. The van der Waals surface area contributed by atoms with Crippen molar-refractivity contribution >= 4 is 11.3 Å². The van der Waals surface area contributed by atoms with Crippen LogP contribution in [-0.4, -0.2) is 30.5 Å². The highest BCUT2D eigenvalue weighted by Crippen LogP contribution is 2.39. The molecule has 1 saturated carbocycles. The molecule has 1 aliphatic rings. The lowest BCUT2D eigenvalue weighted by molar-refractivity contribution is 0.397. The highest BCUT2D eigenvalue weighted by molar-refractivity contribution is 7.14. The minimum absolute atomic E-state index is 0.670. The smallest absolute Gasteiger partial charge is 0.155 e. The number of ether oxygens (including phenoxy) is 2. The molecule has 1 heterocycles. The number of nitrogens with zero attached hydrogens (tertiary/aromatic N) is 2. The number of nitrogens with one attached hydrogen (secondary N) is 1. The molecule has 20 heavy (non-hydrogen) atoms. The molecule has 0 amide bonds. The Morgan fingerprint density at radius 2 is 1.90 bits per heavy atom. The van der Waals surface area contributed by atoms with Gasteiger partial charge in [-0.2, -0.15) is 0 Å². The lowest BCUT2D eigenvalue weighted by atomic mass is 10.2. The summed E-state index contributed by atoms with van der Waals surface area (Å²) in [4.78, 5) is 0. The first kappa shape index (κ1) is 13.3. The van der Waals surface area contributed by atoms with Crippen LogP contribution in [0.25, 0.3) is 10.6 Å². The molecule has 106 valence electrons. The predicted octanol–water partition coefficient (Wildman–Crippen LogP) is 2.47. The second-order valence-electron chi connectivity index (χ2n) is 4.69. The molecule has 0 unspecified atom stereocenters. The van der Waals surface area contributed by atoms with Crippen molar-refractivity contribution < 1.29 is 9.47 Å². The molecule has 1 aromatic carbocycles. The SMILES string of the molecule is COc1cccc(OC)c1-c1nnc(CNC2CC2)s1. The summed E-state index contributed by atoms with van der Waals surface area (Å²) in [6.45, 7) is 0.778. The average Bonchev–Trinajstić information content (AvgIpc) is 3.21. The second kappa shape index (κ2) is 5.76. The number of hydrogen-bond donors (Lipinski definition) is 1. The lowest BCUT2D eigenvalue weighted by Gasteiger charge is -2.09. The zero-order chi connectivity index (χ0) is 13.9. The summed E-state index contributed by atoms with van der Waals surface area (Å²) in [6.07, 6.45) is 2.54. The second-order valence-corrected chi connectivity index (χ2v) is 5.76. The van der Waals surface area contributed by atoms with Gasteiger partial charge in [-0.3, -0.25) is 0 Å². The maximum absolute atomic E-state index is 5.40. The molecule has 2 aromatic rings. The van der Waals surface area contributed by atoms with Crippen molar-refractivity contribution in [3.8, 4) is 22.1 Å². The van der Waals surface area contributed by atoms with Gasteiger partial charge in [0.1, 0.15) is 16.5 Å². The van der Waals surface area contributed by atoms with E-state index in [0.29, 0.717) is 6.04 Å². The average molecular weight is 291 g/mol. The number of hydrogen-bond acceptors (Lipinski definition) is 6. The predicted molar refractivity (Wildman–Crippen MR) is 78.3 cm³/mol. The largest absolute Gasteiger partial charge is 0.496 e. The Bertz CT molecular complexity index is 574. The van der Waals surface area contributed by atoms with Crippen LogP contribution in [0.2, 0.25) is 0 Å². The van der Waals surface area contributed by atoms with E-state index < -0.39 is 0 Å². The van der Waals surface area contributed by atoms with Gasteiger partial charge in [-0.25, -0.2) is 0 Å². The Balaban J connectivity index is 1.87. The molecule has 0 atom stereocenters. The first-order valence-electron chi connectivity index (χ1n) is 6.59. The number of benzene rings is 1. The van der Waals surface area contributed by atoms with Gasteiger partial charge in [0.15, 0.2) is 5.01 Å². The summed E-state index contributed by atoms with van der Waals surface area (Å²) in [5.41, 5.74) is 0.868. The van der Waals surface area contributed by atoms with Gasteiger partial charge in [-0.05, 0) is 25.0 Å². The van der Waals surface area contributed by atoms with Crippen LogP contribution < -0.4 is 14.8 Å². The summed E-state index contributed by atoms with van der Waals surface area (Å²) in [5.74, 6) is 1.50. The van der Waals surface area contributed by atoms with E-state index in [-0.39, 0.29) is 0 Å². The Hall–Kier alpha value is -1.66. The van der Waals surface area contributed by atoms with Gasteiger partial charge < -0.3 is 14.8 Å². The third-order valence-corrected chi connectivity index (χ3v) is 4.17. The topological polar surface area (TPSA) is 56.3 Å². The highest BCUT2D eigenvalue weighted by Gasteiger charge is 2.21. The van der Waals surface area contributed by atoms with Crippen molar-refractivity contribution in [3.63, 3.8) is 0 Å². The highest BCUT2D eigenvalue weighted by atomic mass is 32.1. The fraction of sp³-hybridized carbons (Fsp3) is 0.429. The van der Waals surface area contributed by atoms with E-state index in [1.165, 1.54) is 12.8 Å². The van der Waals surface area contributed by atoms with Crippen molar-refractivity contribution in [2.24, 2.45) is 0 Å². The van der Waals surface area contributed by atoms with Crippen LogP contribution in [0.1, 0.15) is 17.8 Å². The monoisotopic (exact) mass is 291 g/mol. The molecule has 0 radical (unpaired) electrons. The standard InChI is InChI=1S/C14H17N3O2S/c1-18-10-4-3-5-11(19-2)13(10)14-17-16-12(20-14)8-15-9-6-7-9/h3-5,9,15H,6-8H2,1-2H3. The third kappa shape index (κ3) is 2.76. The molecular formula is C14H17N3O2S. The molecule has 3 rings (SSSR count). The van der Waals surface area contributed by atoms with Gasteiger partial charge in [0.25, 0.3) is 0 Å². The van der Waals surface area contributed by atoms with Gasteiger partial charge in [0.05, 0.1) is 19.8 Å². The van der Waals surface area contributed by atoms with Crippen molar-refractivity contribution in [2.45, 2.75) is 25.4 Å². The van der Waals surface area contributed by atoms with Crippen LogP contribution in [0.15, 0.2) is 18.2 Å². The normalized spacial score (nSPS) is 14.3. The fourth-order valence-corrected chi connectivity index (χ4v) is 2.85. The summed E-state index contributed by atoms with van der Waals surface area (Å²) >= 11 is 1.57. The van der Waals surface area contributed by atoms with Gasteiger partial charge in [-0.15, -0.1) is 10.2 Å². The quantitative estimate of drug-likeness (QED) is 0.886. The van der Waals surface area contributed by atoms with Crippen LogP contribution >= 0.6 is 11.3 Å². The van der Waals surface area contributed by atoms with Crippen molar-refractivity contribution in [3.05, 3.63) is 23.2 Å². The Kier molecular flexibility index (Phi) is 3.84. The number of methoxy groups -OCH3 is 2. The molecule has 1 aromatic heterocycles. The minimum Gasteiger partial charge on any atom is -0.496 e. The van der Waals surface area contributed by atoms with Gasteiger partial charge in [-0.1, -0.05) is 17.4 Å². The molecule has 1 aliphatic carbocycles. The minimum atomic E-state index is 0.670. The van der Waals surface area contributed by atoms with Crippen LogP contribution in [0.4, 0.5) is 0 Å². The van der Waals surface area contributed by atoms with E-state index in [2.05, 4.69) is 15.5 Å². The fourth-order valence-electron chi connectivity index (χ4n) is 2.01. The molecule has 0 spiro atoms. The molecule has 1 N–H and O–H groups in total. The number of aromatic nitrogens is 2. The zero-order valence-corrected chi connectivity index (χ0v) is 12.4. The van der Waals surface area contributed by atoms with Gasteiger partial charge in [0, 0.05) is 12.6 Å². The first-order chi connectivity index (χ1) is 9.81. The summed E-state index contributed by atoms with van der Waals surface area (Å²) in [6, 6.07) is 6.38. The third-order valence-electron chi connectivity index (χ3n) is 3.23. The van der Waals surface area contributed by atoms with Crippen LogP contribution in [0.5, 0.6) is 11.5 Å². The van der Waals surface area contributed by atoms with Crippen LogP contribution in [-0.2, 0) is 6.54 Å². The van der Waals surface area contributed by atoms with Crippen molar-refractivity contribution in [1.82, 2.24) is 15.5 Å². The molecule has 1 fully saturated rings. The molecule has 0 saturated heterocycles. The van der Waals surface area contributed by atoms with Crippen LogP contribution in [0, 0.1) is 0 Å². The first-order valence-corrected chi connectivity index (χ1v) is 7.40. The Morgan fingerprint density at radius 1 is 1.20 bits per heavy atom. The van der Waals surface area contributed by atoms with Crippen molar-refractivity contribution in [1.29, 1.82) is 0 Å². The van der Waals surface area contributed by atoms with E-state index in [4.69, 9.17) is 9.47 Å². The molecule has 0 aliphatic heterocycles.